The lowest BCUT2D eigenvalue weighted by Crippen LogP contribution is -2.22. The molecule has 7 heteroatoms. The number of carbonyl (C=O) groups is 2. The van der Waals surface area contributed by atoms with Gasteiger partial charge in [-0.25, -0.2) is 0 Å². The number of aromatic nitrogens is 1. The molecule has 0 unspecified atom stereocenters. The topological polar surface area (TPSA) is 139 Å². The van der Waals surface area contributed by atoms with Crippen molar-refractivity contribution in [3.63, 3.8) is 0 Å². The van der Waals surface area contributed by atoms with Gasteiger partial charge in [0.25, 0.3) is 11.8 Å². The fourth-order valence-electron chi connectivity index (χ4n) is 0.864. The average Bonchev–Trinajstić information content (AvgIpc) is 2.08. The van der Waals surface area contributed by atoms with Crippen LogP contribution in [-0.2, 0) is 0 Å². The van der Waals surface area contributed by atoms with Crippen LogP contribution in [-0.4, -0.2) is 21.9 Å². The van der Waals surface area contributed by atoms with E-state index in [9.17, 15) is 14.4 Å². The van der Waals surface area contributed by atoms with E-state index in [4.69, 9.17) is 16.6 Å². The lowest BCUT2D eigenvalue weighted by molar-refractivity contribution is 0.0990. The Morgan fingerprint density at radius 2 is 1.86 bits per heavy atom. The van der Waals surface area contributed by atoms with E-state index in [-0.39, 0.29) is 5.69 Å². The zero-order valence-electron chi connectivity index (χ0n) is 6.90. The molecule has 1 aromatic rings. The standard InChI is InChI=1S/C7H7N3O4/c8-6(13)2-1-3(11)5(12)4(10-2)7(9)14/h1,12H,(H2,8,13)(H2,9,14)(H,10,11). The van der Waals surface area contributed by atoms with E-state index >= 15 is 0 Å². The van der Waals surface area contributed by atoms with Crippen LogP contribution in [0.3, 0.4) is 0 Å². The van der Waals surface area contributed by atoms with Crippen molar-refractivity contribution in [2.45, 2.75) is 0 Å². The van der Waals surface area contributed by atoms with Gasteiger partial charge in [0.1, 0.15) is 5.69 Å². The predicted molar refractivity (Wildman–Crippen MR) is 45.8 cm³/mol. The number of aromatic amines is 1. The van der Waals surface area contributed by atoms with E-state index in [0.29, 0.717) is 0 Å². The summed E-state index contributed by atoms with van der Waals surface area (Å²) in [6, 6.07) is 0.782. The van der Waals surface area contributed by atoms with Crippen LogP contribution in [0.4, 0.5) is 0 Å². The fourth-order valence-corrected chi connectivity index (χ4v) is 0.864. The first-order chi connectivity index (χ1) is 6.43. The highest BCUT2D eigenvalue weighted by Crippen LogP contribution is 2.07. The Morgan fingerprint density at radius 1 is 1.29 bits per heavy atom. The molecule has 0 aliphatic rings. The largest absolute Gasteiger partial charge is 0.503 e. The number of H-pyrrole nitrogens is 1. The molecule has 1 aromatic heterocycles. The van der Waals surface area contributed by atoms with Gasteiger partial charge >= 0.3 is 0 Å². The minimum absolute atomic E-state index is 0.290. The molecule has 0 aromatic carbocycles. The van der Waals surface area contributed by atoms with Crippen molar-refractivity contribution in [1.29, 1.82) is 0 Å². The van der Waals surface area contributed by atoms with Crippen LogP contribution in [0.5, 0.6) is 5.75 Å². The Hall–Kier alpha value is -2.31. The molecule has 0 spiro atoms. The summed E-state index contributed by atoms with van der Waals surface area (Å²) in [6.45, 7) is 0. The average molecular weight is 197 g/mol. The van der Waals surface area contributed by atoms with Gasteiger partial charge < -0.3 is 21.6 Å². The predicted octanol–water partition coefficient (Wildman–Crippen LogP) is -1.72. The summed E-state index contributed by atoms with van der Waals surface area (Å²) in [5.41, 5.74) is 7.97. The number of aromatic hydroxyl groups is 1. The van der Waals surface area contributed by atoms with Crippen LogP contribution >= 0.6 is 0 Å². The van der Waals surface area contributed by atoms with Crippen LogP contribution in [0.2, 0.25) is 0 Å². The lowest BCUT2D eigenvalue weighted by Gasteiger charge is -2.01. The molecule has 6 N–H and O–H groups in total. The molecule has 0 aliphatic heterocycles. The lowest BCUT2D eigenvalue weighted by atomic mass is 10.2. The number of nitrogens with one attached hydrogen (secondary N) is 1. The zero-order valence-corrected chi connectivity index (χ0v) is 6.90. The maximum atomic E-state index is 11.0. The summed E-state index contributed by atoms with van der Waals surface area (Å²) in [6.07, 6.45) is 0. The first-order valence-corrected chi connectivity index (χ1v) is 3.49. The minimum atomic E-state index is -1.05. The van der Waals surface area contributed by atoms with Crippen LogP contribution in [0.1, 0.15) is 21.0 Å². The first kappa shape index (κ1) is 9.78. The van der Waals surface area contributed by atoms with E-state index in [1.54, 1.807) is 0 Å². The third-order valence-corrected chi connectivity index (χ3v) is 1.52. The number of pyridine rings is 1. The Labute approximate surface area is 77.3 Å². The van der Waals surface area contributed by atoms with Gasteiger partial charge in [-0.1, -0.05) is 0 Å². The smallest absolute Gasteiger partial charge is 0.269 e. The molecule has 14 heavy (non-hydrogen) atoms. The van der Waals surface area contributed by atoms with Crippen molar-refractivity contribution >= 4 is 11.8 Å². The molecular weight excluding hydrogens is 190 g/mol. The Balaban J connectivity index is 3.51. The highest BCUT2D eigenvalue weighted by molar-refractivity contribution is 5.96. The van der Waals surface area contributed by atoms with Crippen molar-refractivity contribution in [2.24, 2.45) is 11.5 Å². The Kier molecular flexibility index (Phi) is 2.24. The van der Waals surface area contributed by atoms with Gasteiger partial charge in [-0.3, -0.25) is 14.4 Å². The van der Waals surface area contributed by atoms with Gasteiger partial charge in [-0.05, 0) is 0 Å². The molecule has 0 atom stereocenters. The molecule has 7 nitrogen and oxygen atoms in total. The second-order valence-corrected chi connectivity index (χ2v) is 2.50. The quantitative estimate of drug-likeness (QED) is 0.447. The number of nitrogens with two attached hydrogens (primary N) is 2. The molecule has 74 valence electrons. The summed E-state index contributed by atoms with van der Waals surface area (Å²) < 4.78 is 0. The maximum absolute atomic E-state index is 11.0. The van der Waals surface area contributed by atoms with Gasteiger partial charge in [0.2, 0.25) is 5.43 Å². The molecule has 0 bridgehead atoms. The zero-order chi connectivity index (χ0) is 10.9. The van der Waals surface area contributed by atoms with Crippen molar-refractivity contribution in [3.8, 4) is 5.75 Å². The minimum Gasteiger partial charge on any atom is -0.503 e. The monoisotopic (exact) mass is 197 g/mol. The number of rotatable bonds is 2. The normalized spacial score (nSPS) is 9.71. The van der Waals surface area contributed by atoms with Gasteiger partial charge in [-0.2, -0.15) is 0 Å². The molecular formula is C7H7N3O4. The van der Waals surface area contributed by atoms with Crippen molar-refractivity contribution in [1.82, 2.24) is 4.98 Å². The fraction of sp³-hybridized carbons (Fsp3) is 0. The summed E-state index contributed by atoms with van der Waals surface area (Å²) in [5, 5.41) is 9.08. The number of primary amides is 2. The Bertz CT molecular complexity index is 462. The van der Waals surface area contributed by atoms with Gasteiger partial charge in [0.15, 0.2) is 11.4 Å². The summed E-state index contributed by atoms with van der Waals surface area (Å²) in [5.74, 6) is -2.81. The van der Waals surface area contributed by atoms with Crippen LogP contribution in [0.25, 0.3) is 0 Å². The van der Waals surface area contributed by atoms with Crippen LogP contribution < -0.4 is 16.9 Å². The van der Waals surface area contributed by atoms with Gasteiger partial charge in [0.05, 0.1) is 0 Å². The molecule has 0 fully saturated rings. The SMILES string of the molecule is NC(=O)c1cc(=O)c(O)c(C(N)=O)[nH]1. The summed E-state index contributed by atoms with van der Waals surface area (Å²) in [4.78, 5) is 34.5. The maximum Gasteiger partial charge on any atom is 0.269 e. The van der Waals surface area contributed by atoms with Crippen molar-refractivity contribution in [3.05, 3.63) is 27.7 Å². The summed E-state index contributed by atoms with van der Waals surface area (Å²) >= 11 is 0. The Morgan fingerprint density at radius 3 is 2.29 bits per heavy atom. The molecule has 1 heterocycles. The first-order valence-electron chi connectivity index (χ1n) is 3.49. The number of hydrogen-bond donors (Lipinski definition) is 4. The molecule has 2 amide bonds. The second-order valence-electron chi connectivity index (χ2n) is 2.50. The van der Waals surface area contributed by atoms with E-state index in [0.717, 1.165) is 6.07 Å². The highest BCUT2D eigenvalue weighted by Gasteiger charge is 2.14. The van der Waals surface area contributed by atoms with E-state index < -0.39 is 28.7 Å². The number of amides is 2. The van der Waals surface area contributed by atoms with E-state index in [1.165, 1.54) is 0 Å². The van der Waals surface area contributed by atoms with Gasteiger partial charge in [-0.15, -0.1) is 0 Å². The molecule has 0 saturated carbocycles. The summed E-state index contributed by atoms with van der Waals surface area (Å²) in [7, 11) is 0. The van der Waals surface area contributed by atoms with Gasteiger partial charge in [0, 0.05) is 6.07 Å². The molecule has 1 rings (SSSR count). The highest BCUT2D eigenvalue weighted by atomic mass is 16.3. The third kappa shape index (κ3) is 1.56. The van der Waals surface area contributed by atoms with Crippen LogP contribution in [0, 0.1) is 0 Å². The van der Waals surface area contributed by atoms with Crippen molar-refractivity contribution < 1.29 is 14.7 Å². The molecule has 0 aliphatic carbocycles. The third-order valence-electron chi connectivity index (χ3n) is 1.52. The number of hydrogen-bond acceptors (Lipinski definition) is 4. The van der Waals surface area contributed by atoms with E-state index in [1.807, 2.05) is 0 Å². The van der Waals surface area contributed by atoms with Crippen LogP contribution in [0.15, 0.2) is 10.9 Å². The van der Waals surface area contributed by atoms with Crippen molar-refractivity contribution in [2.75, 3.05) is 0 Å². The second kappa shape index (κ2) is 3.21. The van der Waals surface area contributed by atoms with E-state index in [2.05, 4.69) is 4.98 Å². The molecule has 0 radical (unpaired) electrons. The molecule has 0 saturated heterocycles. The number of carbonyl (C=O) groups excluding carboxylic acids is 2.